The maximum absolute atomic E-state index is 12.6. The van der Waals surface area contributed by atoms with E-state index in [4.69, 9.17) is 4.52 Å². The molecule has 2 N–H and O–H groups in total. The van der Waals surface area contributed by atoms with Crippen molar-refractivity contribution < 1.29 is 22.8 Å². The summed E-state index contributed by atoms with van der Waals surface area (Å²) in [5.74, 6) is -0.919. The van der Waals surface area contributed by atoms with Gasteiger partial charge >= 0.3 is 5.97 Å². The molecule has 9 heteroatoms. The van der Waals surface area contributed by atoms with E-state index in [1.165, 1.54) is 17.7 Å². The number of benzene rings is 2. The van der Waals surface area contributed by atoms with E-state index in [-0.39, 0.29) is 4.90 Å². The average molecular weight is 458 g/mol. The van der Waals surface area contributed by atoms with Gasteiger partial charge in [0.25, 0.3) is 5.89 Å². The lowest BCUT2D eigenvalue weighted by atomic mass is 10.1. The number of carbonyl (C=O) groups is 1. The van der Waals surface area contributed by atoms with Crippen molar-refractivity contribution in [2.45, 2.75) is 51.0 Å². The minimum absolute atomic E-state index is 0.0421. The molecule has 170 valence electrons. The van der Waals surface area contributed by atoms with Crippen LogP contribution in [-0.2, 0) is 21.2 Å². The van der Waals surface area contributed by atoms with Crippen molar-refractivity contribution in [3.63, 3.8) is 0 Å². The fraction of sp³-hybridized carbons (Fsp3) is 0.348. The first kappa shape index (κ1) is 23.6. The zero-order valence-electron chi connectivity index (χ0n) is 18.3. The smallest absolute Gasteiger partial charge is 0.322 e. The van der Waals surface area contributed by atoms with Gasteiger partial charge in [0.15, 0.2) is 0 Å². The highest BCUT2D eigenvalue weighted by Gasteiger charge is 2.28. The quantitative estimate of drug-likeness (QED) is 0.469. The first-order valence-corrected chi connectivity index (χ1v) is 12.0. The lowest BCUT2D eigenvalue weighted by molar-refractivity contribution is -0.140. The number of carboxylic acid groups (broad SMARTS) is 1. The molecule has 1 atom stereocenters. The third-order valence-corrected chi connectivity index (χ3v) is 6.54. The van der Waals surface area contributed by atoms with Crippen LogP contribution < -0.4 is 4.72 Å². The summed E-state index contributed by atoms with van der Waals surface area (Å²) in [4.78, 5) is 15.7. The number of aliphatic carboxylic acids is 1. The monoisotopic (exact) mass is 457 g/mol. The summed E-state index contributed by atoms with van der Waals surface area (Å²) < 4.78 is 32.7. The van der Waals surface area contributed by atoms with Gasteiger partial charge in [0.2, 0.25) is 15.8 Å². The Bertz CT molecular complexity index is 1150. The van der Waals surface area contributed by atoms with Crippen LogP contribution in [0.1, 0.15) is 39.2 Å². The Labute approximate surface area is 187 Å². The Morgan fingerprint density at radius 2 is 1.69 bits per heavy atom. The van der Waals surface area contributed by atoms with Crippen LogP contribution in [0.5, 0.6) is 0 Å². The molecule has 8 nitrogen and oxygen atoms in total. The molecule has 1 aromatic heterocycles. The van der Waals surface area contributed by atoms with Crippen molar-refractivity contribution in [1.29, 1.82) is 0 Å². The third-order valence-electron chi connectivity index (χ3n) is 5.08. The van der Waals surface area contributed by atoms with Gasteiger partial charge < -0.3 is 9.63 Å². The van der Waals surface area contributed by atoms with Crippen LogP contribution in [-0.4, -0.2) is 35.7 Å². The van der Waals surface area contributed by atoms with Gasteiger partial charge in [-0.15, -0.1) is 0 Å². The molecule has 0 aliphatic heterocycles. The zero-order chi connectivity index (χ0) is 23.3. The summed E-state index contributed by atoms with van der Waals surface area (Å²) in [6.45, 7) is 5.43. The number of nitrogens with zero attached hydrogens (tertiary/aromatic N) is 2. The topological polar surface area (TPSA) is 122 Å². The van der Waals surface area contributed by atoms with E-state index in [0.29, 0.717) is 17.3 Å². The second-order valence-corrected chi connectivity index (χ2v) is 9.64. The molecule has 3 aromatic rings. The summed E-state index contributed by atoms with van der Waals surface area (Å²) in [5.41, 5.74) is 2.64. The van der Waals surface area contributed by atoms with E-state index >= 15 is 0 Å². The second kappa shape index (κ2) is 10.1. The molecule has 0 fully saturated rings. The third kappa shape index (κ3) is 5.60. The number of hydrogen-bond donors (Lipinski definition) is 2. The lowest BCUT2D eigenvalue weighted by Crippen LogP contribution is -2.44. The molecule has 0 radical (unpaired) electrons. The van der Waals surface area contributed by atoms with Gasteiger partial charge in [-0.1, -0.05) is 44.5 Å². The first-order valence-electron chi connectivity index (χ1n) is 10.5. The van der Waals surface area contributed by atoms with Crippen molar-refractivity contribution in [2.24, 2.45) is 5.92 Å². The Hall–Kier alpha value is -3.04. The molecule has 1 heterocycles. The number of rotatable bonds is 10. The minimum atomic E-state index is -3.99. The van der Waals surface area contributed by atoms with Crippen LogP contribution in [0.2, 0.25) is 0 Å². The number of carboxylic acids is 1. The van der Waals surface area contributed by atoms with E-state index in [0.717, 1.165) is 24.8 Å². The van der Waals surface area contributed by atoms with Gasteiger partial charge in [-0.05, 0) is 60.7 Å². The summed E-state index contributed by atoms with van der Waals surface area (Å²) in [6, 6.07) is 12.6. The Kier molecular flexibility index (Phi) is 7.42. The number of hydrogen-bond acceptors (Lipinski definition) is 6. The molecule has 0 amide bonds. The summed E-state index contributed by atoms with van der Waals surface area (Å²) in [6.07, 6.45) is 3.31. The minimum Gasteiger partial charge on any atom is -0.480 e. The Balaban J connectivity index is 1.75. The Morgan fingerprint density at radius 1 is 1.06 bits per heavy atom. The molecule has 0 spiro atoms. The van der Waals surface area contributed by atoms with Gasteiger partial charge in [-0.3, -0.25) is 4.79 Å². The van der Waals surface area contributed by atoms with Gasteiger partial charge in [0, 0.05) is 11.1 Å². The molecule has 0 aliphatic rings. The van der Waals surface area contributed by atoms with E-state index in [9.17, 15) is 18.3 Å². The normalized spacial score (nSPS) is 12.8. The number of aryl methyl sites for hydroxylation is 1. The fourth-order valence-corrected chi connectivity index (χ4v) is 4.48. The van der Waals surface area contributed by atoms with Crippen LogP contribution in [0.15, 0.2) is 57.9 Å². The van der Waals surface area contributed by atoms with Gasteiger partial charge in [-0.2, -0.15) is 9.71 Å². The van der Waals surface area contributed by atoms with Gasteiger partial charge in [0.05, 0.1) is 4.90 Å². The zero-order valence-corrected chi connectivity index (χ0v) is 19.1. The predicted molar refractivity (Wildman–Crippen MR) is 120 cm³/mol. The van der Waals surface area contributed by atoms with Crippen molar-refractivity contribution in [3.8, 4) is 22.8 Å². The molecule has 0 aliphatic carbocycles. The number of aromatic nitrogens is 2. The molecule has 3 rings (SSSR count). The highest BCUT2D eigenvalue weighted by Crippen LogP contribution is 2.24. The highest BCUT2D eigenvalue weighted by molar-refractivity contribution is 7.89. The summed E-state index contributed by atoms with van der Waals surface area (Å²) in [7, 11) is -3.99. The van der Waals surface area contributed by atoms with Crippen molar-refractivity contribution in [3.05, 3.63) is 54.1 Å². The van der Waals surface area contributed by atoms with Crippen molar-refractivity contribution in [2.75, 3.05) is 0 Å². The first-order chi connectivity index (χ1) is 15.2. The molecule has 1 unspecified atom stereocenters. The second-order valence-electron chi connectivity index (χ2n) is 7.93. The highest BCUT2D eigenvalue weighted by atomic mass is 32.2. The molecule has 0 saturated carbocycles. The van der Waals surface area contributed by atoms with Crippen molar-refractivity contribution >= 4 is 16.0 Å². The molecular weight excluding hydrogens is 430 g/mol. The van der Waals surface area contributed by atoms with E-state index in [1.807, 2.05) is 24.3 Å². The fourth-order valence-electron chi connectivity index (χ4n) is 3.14. The summed E-state index contributed by atoms with van der Waals surface area (Å²) in [5, 5.41) is 13.2. The van der Waals surface area contributed by atoms with Gasteiger partial charge in [-0.25, -0.2) is 8.42 Å². The average Bonchev–Trinajstić information content (AvgIpc) is 3.26. The maximum Gasteiger partial charge on any atom is 0.322 e. The van der Waals surface area contributed by atoms with E-state index < -0.39 is 28.0 Å². The molecule has 0 bridgehead atoms. The van der Waals surface area contributed by atoms with Crippen LogP contribution in [0.3, 0.4) is 0 Å². The number of sulfonamides is 1. The molecule has 2 aromatic carbocycles. The lowest BCUT2D eigenvalue weighted by Gasteiger charge is -2.18. The van der Waals surface area contributed by atoms with Crippen LogP contribution in [0.4, 0.5) is 0 Å². The molecule has 32 heavy (non-hydrogen) atoms. The number of unbranched alkanes of at least 4 members (excludes halogenated alkanes) is 1. The SMILES string of the molecule is CCCCc1ccc(-c2nc(-c3ccc(S(=O)(=O)NC(C(=O)O)C(C)C)cc3)no2)cc1. The van der Waals surface area contributed by atoms with E-state index in [2.05, 4.69) is 21.8 Å². The van der Waals surface area contributed by atoms with Crippen LogP contribution in [0.25, 0.3) is 22.8 Å². The standard InChI is InChI=1S/C23H27N3O5S/c1-4-5-6-16-7-9-18(10-8-16)22-24-21(25-31-22)17-11-13-19(14-12-17)32(29,30)26-20(15(2)3)23(27)28/h7-15,20,26H,4-6H2,1-3H3,(H,27,28). The maximum atomic E-state index is 12.6. The van der Waals surface area contributed by atoms with E-state index in [1.54, 1.807) is 26.0 Å². The van der Waals surface area contributed by atoms with Crippen LogP contribution >= 0.6 is 0 Å². The Morgan fingerprint density at radius 3 is 2.25 bits per heavy atom. The molecule has 0 saturated heterocycles. The van der Waals surface area contributed by atoms with Crippen LogP contribution in [0, 0.1) is 5.92 Å². The largest absolute Gasteiger partial charge is 0.480 e. The number of nitrogens with one attached hydrogen (secondary N) is 1. The summed E-state index contributed by atoms with van der Waals surface area (Å²) >= 11 is 0. The molecular formula is C23H27N3O5S. The predicted octanol–water partition coefficient (Wildman–Crippen LogP) is 4.13. The van der Waals surface area contributed by atoms with Crippen molar-refractivity contribution in [1.82, 2.24) is 14.9 Å². The van der Waals surface area contributed by atoms with Gasteiger partial charge in [0.1, 0.15) is 6.04 Å².